The molecule has 1 saturated carbocycles. The standard InChI is InChI=1S/C28H36N2O3S/c1-20(2)22-8-6-21(7-9-22)19-30(26-11-12-26)28(31)24-14-16-29(17-15-24)34(32,33)27-13-10-23-4-3-5-25(23)18-27/h6-10,13,18,20,24,26H,3-5,11-12,14-17,19H2,1-2H3. The second-order valence-electron chi connectivity index (χ2n) is 10.6. The Morgan fingerprint density at radius 1 is 0.971 bits per heavy atom. The first-order valence-electron chi connectivity index (χ1n) is 12.8. The van der Waals surface area contributed by atoms with E-state index in [0.29, 0.717) is 49.3 Å². The summed E-state index contributed by atoms with van der Waals surface area (Å²) < 4.78 is 28.1. The number of benzene rings is 2. The molecule has 1 saturated heterocycles. The van der Waals surface area contributed by atoms with Gasteiger partial charge in [-0.15, -0.1) is 0 Å². The normalized spacial score (nSPS) is 19.4. The third kappa shape index (κ3) is 4.80. The Morgan fingerprint density at radius 3 is 2.29 bits per heavy atom. The number of amides is 1. The highest BCUT2D eigenvalue weighted by Crippen LogP contribution is 2.33. The van der Waals surface area contributed by atoms with E-state index in [1.165, 1.54) is 22.3 Å². The summed E-state index contributed by atoms with van der Waals surface area (Å²) in [6.07, 6.45) is 6.44. The van der Waals surface area contributed by atoms with Gasteiger partial charge >= 0.3 is 0 Å². The van der Waals surface area contributed by atoms with Gasteiger partial charge in [0.1, 0.15) is 0 Å². The molecule has 2 aromatic rings. The number of sulfonamides is 1. The Kier molecular flexibility index (Phi) is 6.56. The van der Waals surface area contributed by atoms with E-state index >= 15 is 0 Å². The van der Waals surface area contributed by atoms with E-state index in [0.717, 1.165) is 32.1 Å². The first kappa shape index (κ1) is 23.6. The smallest absolute Gasteiger partial charge is 0.243 e. The van der Waals surface area contributed by atoms with Gasteiger partial charge in [-0.2, -0.15) is 4.31 Å². The number of piperidine rings is 1. The largest absolute Gasteiger partial charge is 0.335 e. The highest BCUT2D eigenvalue weighted by Gasteiger charge is 2.38. The maximum atomic E-state index is 13.5. The Labute approximate surface area is 204 Å². The number of hydrogen-bond donors (Lipinski definition) is 0. The van der Waals surface area contributed by atoms with Crippen LogP contribution in [0.25, 0.3) is 0 Å². The molecule has 2 aromatic carbocycles. The molecule has 0 atom stereocenters. The average Bonchev–Trinajstić information content (AvgIpc) is 3.58. The van der Waals surface area contributed by atoms with E-state index < -0.39 is 10.0 Å². The molecule has 6 heteroatoms. The van der Waals surface area contributed by atoms with Crippen molar-refractivity contribution >= 4 is 15.9 Å². The highest BCUT2D eigenvalue weighted by molar-refractivity contribution is 7.89. The molecule has 1 amide bonds. The molecule has 0 N–H and O–H groups in total. The fourth-order valence-electron chi connectivity index (χ4n) is 5.41. The van der Waals surface area contributed by atoms with Crippen LogP contribution in [0.15, 0.2) is 47.4 Å². The van der Waals surface area contributed by atoms with Gasteiger partial charge in [-0.1, -0.05) is 44.2 Å². The third-order valence-electron chi connectivity index (χ3n) is 7.78. The van der Waals surface area contributed by atoms with Crippen LogP contribution in [0.5, 0.6) is 0 Å². The van der Waals surface area contributed by atoms with E-state index in [9.17, 15) is 13.2 Å². The fraction of sp³-hybridized carbons (Fsp3) is 0.536. The predicted octanol–water partition coefficient (Wildman–Crippen LogP) is 4.89. The number of nitrogens with zero attached hydrogens (tertiary/aromatic N) is 2. The highest BCUT2D eigenvalue weighted by atomic mass is 32.2. The minimum atomic E-state index is -3.51. The first-order chi connectivity index (χ1) is 16.3. The molecule has 0 bridgehead atoms. The van der Waals surface area contributed by atoms with Gasteiger partial charge in [0, 0.05) is 31.6 Å². The SMILES string of the molecule is CC(C)c1ccc(CN(C(=O)C2CCN(S(=O)(=O)c3ccc4c(c3)CCC4)CC2)C2CC2)cc1. The lowest BCUT2D eigenvalue weighted by atomic mass is 9.96. The lowest BCUT2D eigenvalue weighted by molar-refractivity contribution is -0.138. The summed E-state index contributed by atoms with van der Waals surface area (Å²) in [5, 5.41) is 0. The molecular formula is C28H36N2O3S. The minimum absolute atomic E-state index is 0.0954. The Morgan fingerprint density at radius 2 is 1.65 bits per heavy atom. The van der Waals surface area contributed by atoms with Crippen LogP contribution in [0.4, 0.5) is 0 Å². The quantitative estimate of drug-likeness (QED) is 0.567. The number of hydrogen-bond acceptors (Lipinski definition) is 3. The van der Waals surface area contributed by atoms with Gasteiger partial charge in [0.2, 0.25) is 15.9 Å². The molecule has 5 nitrogen and oxygen atoms in total. The second-order valence-corrected chi connectivity index (χ2v) is 12.5. The van der Waals surface area contributed by atoms with Crippen molar-refractivity contribution < 1.29 is 13.2 Å². The average molecular weight is 481 g/mol. The van der Waals surface area contributed by atoms with Crippen molar-refractivity contribution in [2.24, 2.45) is 5.92 Å². The Hall–Kier alpha value is -2.18. The molecule has 2 fully saturated rings. The van der Waals surface area contributed by atoms with Crippen LogP contribution in [0.3, 0.4) is 0 Å². The van der Waals surface area contributed by atoms with Crippen LogP contribution in [0.2, 0.25) is 0 Å². The molecule has 0 spiro atoms. The van der Waals surface area contributed by atoms with E-state index in [-0.39, 0.29) is 11.8 Å². The van der Waals surface area contributed by atoms with Gasteiger partial charge in [0.05, 0.1) is 4.90 Å². The fourth-order valence-corrected chi connectivity index (χ4v) is 6.93. The lowest BCUT2D eigenvalue weighted by Crippen LogP contribution is -2.44. The van der Waals surface area contributed by atoms with Crippen LogP contribution in [-0.4, -0.2) is 42.7 Å². The van der Waals surface area contributed by atoms with E-state index in [4.69, 9.17) is 0 Å². The number of rotatable bonds is 7. The molecular weight excluding hydrogens is 444 g/mol. The van der Waals surface area contributed by atoms with Gasteiger partial charge in [-0.25, -0.2) is 8.42 Å². The van der Waals surface area contributed by atoms with Crippen LogP contribution < -0.4 is 0 Å². The van der Waals surface area contributed by atoms with Gasteiger partial charge in [-0.3, -0.25) is 4.79 Å². The number of carbonyl (C=O) groups excluding carboxylic acids is 1. The summed E-state index contributed by atoms with van der Waals surface area (Å²) in [5.74, 6) is 0.598. The van der Waals surface area contributed by atoms with Crippen LogP contribution in [-0.2, 0) is 34.2 Å². The van der Waals surface area contributed by atoms with Crippen molar-refractivity contribution in [3.8, 4) is 0 Å². The molecule has 0 radical (unpaired) electrons. The molecule has 1 aliphatic heterocycles. The van der Waals surface area contributed by atoms with E-state index in [1.54, 1.807) is 10.4 Å². The van der Waals surface area contributed by atoms with Crippen LogP contribution in [0, 0.1) is 5.92 Å². The van der Waals surface area contributed by atoms with Crippen molar-refractivity contribution in [1.82, 2.24) is 9.21 Å². The number of carbonyl (C=O) groups is 1. The summed E-state index contributed by atoms with van der Waals surface area (Å²) in [4.78, 5) is 15.9. The van der Waals surface area contributed by atoms with Gasteiger partial charge in [0.25, 0.3) is 0 Å². The molecule has 0 unspecified atom stereocenters. The van der Waals surface area contributed by atoms with Crippen molar-refractivity contribution in [2.75, 3.05) is 13.1 Å². The summed E-state index contributed by atoms with van der Waals surface area (Å²) in [6, 6.07) is 14.6. The number of aryl methyl sites for hydroxylation is 2. The monoisotopic (exact) mass is 480 g/mol. The minimum Gasteiger partial charge on any atom is -0.335 e. The molecule has 5 rings (SSSR count). The molecule has 0 aromatic heterocycles. The van der Waals surface area contributed by atoms with Gasteiger partial charge < -0.3 is 4.90 Å². The first-order valence-corrected chi connectivity index (χ1v) is 14.3. The molecule has 34 heavy (non-hydrogen) atoms. The topological polar surface area (TPSA) is 57.7 Å². The molecule has 3 aliphatic rings. The zero-order chi connectivity index (χ0) is 23.9. The zero-order valence-electron chi connectivity index (χ0n) is 20.4. The molecule has 2 aliphatic carbocycles. The summed E-state index contributed by atoms with van der Waals surface area (Å²) in [6.45, 7) is 5.85. The van der Waals surface area contributed by atoms with Crippen LogP contribution in [0.1, 0.15) is 74.1 Å². The molecule has 1 heterocycles. The van der Waals surface area contributed by atoms with E-state index in [1.807, 2.05) is 12.1 Å². The van der Waals surface area contributed by atoms with Crippen molar-refractivity contribution in [3.05, 3.63) is 64.7 Å². The molecule has 182 valence electrons. The van der Waals surface area contributed by atoms with Gasteiger partial charge in [-0.05, 0) is 85.3 Å². The van der Waals surface area contributed by atoms with Crippen molar-refractivity contribution in [3.63, 3.8) is 0 Å². The summed E-state index contributed by atoms with van der Waals surface area (Å²) in [7, 11) is -3.51. The maximum absolute atomic E-state index is 13.5. The zero-order valence-corrected chi connectivity index (χ0v) is 21.2. The summed E-state index contributed by atoms with van der Waals surface area (Å²) in [5.41, 5.74) is 4.93. The predicted molar refractivity (Wildman–Crippen MR) is 134 cm³/mol. The number of fused-ring (bicyclic) bond motifs is 1. The maximum Gasteiger partial charge on any atom is 0.243 e. The third-order valence-corrected chi connectivity index (χ3v) is 9.68. The van der Waals surface area contributed by atoms with E-state index in [2.05, 4.69) is 43.0 Å². The second kappa shape index (κ2) is 9.46. The van der Waals surface area contributed by atoms with Crippen molar-refractivity contribution in [2.45, 2.75) is 82.2 Å². The lowest BCUT2D eigenvalue weighted by Gasteiger charge is -2.34. The Bertz CT molecular complexity index is 1140. The van der Waals surface area contributed by atoms with Crippen molar-refractivity contribution in [1.29, 1.82) is 0 Å². The summed E-state index contributed by atoms with van der Waals surface area (Å²) >= 11 is 0. The Balaban J connectivity index is 1.23. The van der Waals surface area contributed by atoms with Crippen LogP contribution >= 0.6 is 0 Å². The van der Waals surface area contributed by atoms with Gasteiger partial charge in [0.15, 0.2) is 0 Å².